The first-order valence-electron chi connectivity index (χ1n) is 5.64. The number of aromatic nitrogens is 2. The summed E-state index contributed by atoms with van der Waals surface area (Å²) in [7, 11) is 1.67. The Balaban J connectivity index is 2.41. The van der Waals surface area contributed by atoms with Crippen LogP contribution in [-0.4, -0.2) is 16.7 Å². The van der Waals surface area contributed by atoms with Crippen LogP contribution in [0.2, 0.25) is 0 Å². The van der Waals surface area contributed by atoms with Crippen molar-refractivity contribution in [2.45, 2.75) is 19.9 Å². The van der Waals surface area contributed by atoms with Gasteiger partial charge >= 0.3 is 0 Å². The van der Waals surface area contributed by atoms with E-state index in [1.165, 1.54) is 0 Å². The van der Waals surface area contributed by atoms with Gasteiger partial charge in [0.25, 0.3) is 0 Å². The molecular formula is C13H16N2OS. The van der Waals surface area contributed by atoms with Crippen LogP contribution >= 0.6 is 12.2 Å². The van der Waals surface area contributed by atoms with Crippen molar-refractivity contribution in [3.63, 3.8) is 0 Å². The van der Waals surface area contributed by atoms with Gasteiger partial charge in [0.15, 0.2) is 4.77 Å². The van der Waals surface area contributed by atoms with E-state index in [1.54, 1.807) is 7.11 Å². The lowest BCUT2D eigenvalue weighted by molar-refractivity contribution is 0.415. The fraction of sp³-hybridized carbons (Fsp3) is 0.308. The van der Waals surface area contributed by atoms with Gasteiger partial charge in [0, 0.05) is 12.6 Å². The molecule has 1 heterocycles. The number of aromatic amines is 1. The third-order valence-electron chi connectivity index (χ3n) is 2.74. The van der Waals surface area contributed by atoms with Gasteiger partial charge in [-0.2, -0.15) is 0 Å². The SMILES string of the molecule is C/C=C/CCn1c(=S)[nH]c2cc(OC)ccc21. The Hall–Kier alpha value is -1.55. The Kier molecular flexibility index (Phi) is 3.64. The largest absolute Gasteiger partial charge is 0.497 e. The third-order valence-corrected chi connectivity index (χ3v) is 3.06. The summed E-state index contributed by atoms with van der Waals surface area (Å²) in [6.45, 7) is 2.93. The lowest BCUT2D eigenvalue weighted by atomic mass is 10.3. The molecule has 0 fully saturated rings. The van der Waals surface area contributed by atoms with E-state index < -0.39 is 0 Å². The monoisotopic (exact) mass is 248 g/mol. The highest BCUT2D eigenvalue weighted by molar-refractivity contribution is 7.71. The summed E-state index contributed by atoms with van der Waals surface area (Å²) < 4.78 is 8.07. The van der Waals surface area contributed by atoms with Gasteiger partial charge in [-0.1, -0.05) is 12.2 Å². The molecule has 0 aliphatic heterocycles. The molecule has 0 saturated heterocycles. The first kappa shape index (κ1) is 11.9. The molecule has 0 radical (unpaired) electrons. The zero-order valence-electron chi connectivity index (χ0n) is 10.1. The normalized spacial score (nSPS) is 11.4. The predicted molar refractivity (Wildman–Crippen MR) is 73.1 cm³/mol. The molecule has 0 amide bonds. The molecule has 17 heavy (non-hydrogen) atoms. The van der Waals surface area contributed by atoms with Crippen molar-refractivity contribution in [3.05, 3.63) is 35.1 Å². The zero-order valence-corrected chi connectivity index (χ0v) is 10.9. The summed E-state index contributed by atoms with van der Waals surface area (Å²) in [6.07, 6.45) is 5.19. The molecule has 0 spiro atoms. The molecule has 2 aromatic rings. The zero-order chi connectivity index (χ0) is 12.3. The second-order valence-corrected chi connectivity index (χ2v) is 4.21. The van der Waals surface area contributed by atoms with Crippen molar-refractivity contribution in [3.8, 4) is 5.75 Å². The quantitative estimate of drug-likeness (QED) is 0.661. The molecule has 1 N–H and O–H groups in total. The average Bonchev–Trinajstić information content (AvgIpc) is 2.65. The second-order valence-electron chi connectivity index (χ2n) is 3.82. The number of hydrogen-bond donors (Lipinski definition) is 1. The number of fused-ring (bicyclic) bond motifs is 1. The number of aryl methyl sites for hydroxylation is 1. The Morgan fingerprint density at radius 1 is 1.47 bits per heavy atom. The number of nitrogens with zero attached hydrogens (tertiary/aromatic N) is 1. The van der Waals surface area contributed by atoms with E-state index in [9.17, 15) is 0 Å². The molecule has 0 bridgehead atoms. The number of imidazole rings is 1. The molecule has 0 aliphatic rings. The Bertz CT molecular complexity index is 595. The number of allylic oxidation sites excluding steroid dienone is 2. The summed E-state index contributed by atoms with van der Waals surface area (Å²) in [5, 5.41) is 0. The maximum Gasteiger partial charge on any atom is 0.178 e. The number of nitrogens with one attached hydrogen (secondary N) is 1. The van der Waals surface area contributed by atoms with E-state index in [0.29, 0.717) is 0 Å². The van der Waals surface area contributed by atoms with E-state index >= 15 is 0 Å². The number of rotatable bonds is 4. The van der Waals surface area contributed by atoms with Crippen LogP contribution in [0.25, 0.3) is 11.0 Å². The minimum atomic E-state index is 0.762. The first-order valence-corrected chi connectivity index (χ1v) is 6.05. The summed E-state index contributed by atoms with van der Waals surface area (Å²) in [5.74, 6) is 0.842. The molecule has 3 nitrogen and oxygen atoms in total. The maximum absolute atomic E-state index is 5.32. The molecule has 0 saturated carbocycles. The minimum Gasteiger partial charge on any atom is -0.497 e. The Labute approximate surface area is 106 Å². The molecule has 0 atom stereocenters. The second kappa shape index (κ2) is 5.19. The van der Waals surface area contributed by atoms with Crippen molar-refractivity contribution >= 4 is 23.3 Å². The van der Waals surface area contributed by atoms with Crippen molar-refractivity contribution in [1.82, 2.24) is 9.55 Å². The van der Waals surface area contributed by atoms with Gasteiger partial charge < -0.3 is 14.3 Å². The van der Waals surface area contributed by atoms with Gasteiger partial charge in [-0.15, -0.1) is 0 Å². The van der Waals surface area contributed by atoms with Gasteiger partial charge in [0.05, 0.1) is 18.1 Å². The third kappa shape index (κ3) is 2.42. The average molecular weight is 248 g/mol. The molecule has 1 aromatic heterocycles. The number of benzene rings is 1. The van der Waals surface area contributed by atoms with Crippen molar-refractivity contribution in [2.24, 2.45) is 0 Å². The molecule has 2 rings (SSSR count). The van der Waals surface area contributed by atoms with E-state index in [-0.39, 0.29) is 0 Å². The maximum atomic E-state index is 5.32. The van der Waals surface area contributed by atoms with E-state index in [0.717, 1.165) is 34.5 Å². The first-order chi connectivity index (χ1) is 8.26. The van der Waals surface area contributed by atoms with Gasteiger partial charge in [0.2, 0.25) is 0 Å². The van der Waals surface area contributed by atoms with Crippen LogP contribution in [0.15, 0.2) is 30.4 Å². The van der Waals surface area contributed by atoms with Crippen LogP contribution in [0.1, 0.15) is 13.3 Å². The lowest BCUT2D eigenvalue weighted by Gasteiger charge is -2.03. The highest BCUT2D eigenvalue weighted by Crippen LogP contribution is 2.20. The fourth-order valence-corrected chi connectivity index (χ4v) is 2.16. The van der Waals surface area contributed by atoms with Crippen LogP contribution in [0.5, 0.6) is 5.75 Å². The highest BCUT2D eigenvalue weighted by atomic mass is 32.1. The Morgan fingerprint density at radius 3 is 3.00 bits per heavy atom. The summed E-state index contributed by atoms with van der Waals surface area (Å²) in [5.41, 5.74) is 2.15. The topological polar surface area (TPSA) is 29.9 Å². The number of ether oxygens (including phenoxy) is 1. The van der Waals surface area contributed by atoms with E-state index in [1.807, 2.05) is 25.1 Å². The molecule has 4 heteroatoms. The molecular weight excluding hydrogens is 232 g/mol. The van der Waals surface area contributed by atoms with Crippen LogP contribution in [0.4, 0.5) is 0 Å². The summed E-state index contributed by atoms with van der Waals surface area (Å²) in [6, 6.07) is 5.96. The van der Waals surface area contributed by atoms with Gasteiger partial charge in [-0.05, 0) is 37.7 Å². The van der Waals surface area contributed by atoms with Crippen LogP contribution in [0.3, 0.4) is 0 Å². The molecule has 1 aromatic carbocycles. The van der Waals surface area contributed by atoms with Gasteiger partial charge in [-0.25, -0.2) is 0 Å². The van der Waals surface area contributed by atoms with Crippen LogP contribution < -0.4 is 4.74 Å². The standard InChI is InChI=1S/C13H16N2OS/c1-3-4-5-8-15-12-7-6-10(16-2)9-11(12)14-13(15)17/h3-4,6-7,9H,5,8H2,1-2H3,(H,14,17)/b4-3+. The van der Waals surface area contributed by atoms with E-state index in [2.05, 4.69) is 21.7 Å². The van der Waals surface area contributed by atoms with E-state index in [4.69, 9.17) is 17.0 Å². The van der Waals surface area contributed by atoms with Crippen molar-refractivity contribution < 1.29 is 4.74 Å². The minimum absolute atomic E-state index is 0.762. The number of hydrogen-bond acceptors (Lipinski definition) is 2. The smallest absolute Gasteiger partial charge is 0.178 e. The predicted octanol–water partition coefficient (Wildman–Crippen LogP) is 3.67. The van der Waals surface area contributed by atoms with Crippen molar-refractivity contribution in [2.75, 3.05) is 7.11 Å². The lowest BCUT2D eigenvalue weighted by Crippen LogP contribution is -1.96. The summed E-state index contributed by atoms with van der Waals surface area (Å²) in [4.78, 5) is 3.20. The molecule has 90 valence electrons. The van der Waals surface area contributed by atoms with Crippen LogP contribution in [0, 0.1) is 4.77 Å². The Morgan fingerprint density at radius 2 is 2.29 bits per heavy atom. The van der Waals surface area contributed by atoms with Crippen molar-refractivity contribution in [1.29, 1.82) is 0 Å². The van der Waals surface area contributed by atoms with Gasteiger partial charge in [0.1, 0.15) is 5.75 Å². The van der Waals surface area contributed by atoms with Gasteiger partial charge in [-0.3, -0.25) is 0 Å². The molecule has 0 unspecified atom stereocenters. The summed E-state index contributed by atoms with van der Waals surface area (Å²) >= 11 is 5.32. The number of methoxy groups -OCH3 is 1. The molecule has 0 aliphatic carbocycles. The van der Waals surface area contributed by atoms with Crippen LogP contribution in [-0.2, 0) is 6.54 Å². The fourth-order valence-electron chi connectivity index (χ4n) is 1.86. The number of H-pyrrole nitrogens is 1. The highest BCUT2D eigenvalue weighted by Gasteiger charge is 2.04.